The Morgan fingerprint density at radius 1 is 1.47 bits per heavy atom. The van der Waals surface area contributed by atoms with Crippen molar-refractivity contribution in [1.29, 1.82) is 0 Å². The SMILES string of the molecule is CCCNC(C1=CCCO1)c1cc(Cl)ccc1OC. The number of nitrogens with one attached hydrogen (secondary N) is 1. The Labute approximate surface area is 119 Å². The molecule has 0 bridgehead atoms. The topological polar surface area (TPSA) is 30.5 Å². The van der Waals surface area contributed by atoms with E-state index in [1.807, 2.05) is 18.2 Å². The predicted octanol–water partition coefficient (Wildman–Crippen LogP) is 3.69. The number of benzene rings is 1. The number of hydrogen-bond acceptors (Lipinski definition) is 3. The third-order valence-electron chi connectivity index (χ3n) is 3.12. The van der Waals surface area contributed by atoms with Crippen molar-refractivity contribution in [3.05, 3.63) is 40.6 Å². The van der Waals surface area contributed by atoms with Crippen molar-refractivity contribution >= 4 is 11.6 Å². The minimum absolute atomic E-state index is 0.0103. The van der Waals surface area contributed by atoms with Gasteiger partial charge in [0, 0.05) is 17.0 Å². The van der Waals surface area contributed by atoms with Gasteiger partial charge < -0.3 is 14.8 Å². The lowest BCUT2D eigenvalue weighted by Gasteiger charge is -2.22. The Hall–Kier alpha value is -1.19. The quantitative estimate of drug-likeness (QED) is 0.862. The molecule has 1 atom stereocenters. The van der Waals surface area contributed by atoms with Gasteiger partial charge in [-0.1, -0.05) is 18.5 Å². The molecule has 19 heavy (non-hydrogen) atoms. The van der Waals surface area contributed by atoms with Gasteiger partial charge in [0.15, 0.2) is 0 Å². The average Bonchev–Trinajstić information content (AvgIpc) is 2.93. The second kappa shape index (κ2) is 6.83. The zero-order chi connectivity index (χ0) is 13.7. The lowest BCUT2D eigenvalue weighted by atomic mass is 10.0. The summed E-state index contributed by atoms with van der Waals surface area (Å²) in [5.74, 6) is 1.79. The maximum Gasteiger partial charge on any atom is 0.124 e. The van der Waals surface area contributed by atoms with E-state index >= 15 is 0 Å². The summed E-state index contributed by atoms with van der Waals surface area (Å²) in [5, 5.41) is 4.20. The van der Waals surface area contributed by atoms with Crippen LogP contribution in [0.25, 0.3) is 0 Å². The van der Waals surface area contributed by atoms with Crippen LogP contribution in [0.2, 0.25) is 5.02 Å². The van der Waals surface area contributed by atoms with E-state index < -0.39 is 0 Å². The van der Waals surface area contributed by atoms with Gasteiger partial charge >= 0.3 is 0 Å². The first kappa shape index (κ1) is 14.2. The molecule has 1 heterocycles. The summed E-state index contributed by atoms with van der Waals surface area (Å²) in [7, 11) is 1.67. The lowest BCUT2D eigenvalue weighted by molar-refractivity contribution is 0.214. The molecule has 0 saturated heterocycles. The van der Waals surface area contributed by atoms with Crippen LogP contribution in [0.15, 0.2) is 30.0 Å². The number of methoxy groups -OCH3 is 1. The second-order valence-electron chi connectivity index (χ2n) is 4.52. The second-order valence-corrected chi connectivity index (χ2v) is 4.95. The van der Waals surface area contributed by atoms with Crippen molar-refractivity contribution in [2.75, 3.05) is 20.3 Å². The highest BCUT2D eigenvalue weighted by Gasteiger charge is 2.23. The first-order valence-electron chi connectivity index (χ1n) is 6.66. The first-order chi connectivity index (χ1) is 9.26. The van der Waals surface area contributed by atoms with Crippen molar-refractivity contribution < 1.29 is 9.47 Å². The zero-order valence-corrected chi connectivity index (χ0v) is 12.2. The summed E-state index contributed by atoms with van der Waals surface area (Å²) >= 11 is 6.11. The molecule has 0 fully saturated rings. The normalized spacial score (nSPS) is 15.8. The van der Waals surface area contributed by atoms with Crippen LogP contribution in [0.4, 0.5) is 0 Å². The van der Waals surface area contributed by atoms with Gasteiger partial charge in [-0.05, 0) is 37.2 Å². The summed E-state index contributed by atoms with van der Waals surface area (Å²) in [4.78, 5) is 0. The molecule has 0 amide bonds. The Morgan fingerprint density at radius 3 is 2.95 bits per heavy atom. The van der Waals surface area contributed by atoms with E-state index in [0.29, 0.717) is 5.02 Å². The van der Waals surface area contributed by atoms with Crippen LogP contribution >= 0.6 is 11.6 Å². The van der Waals surface area contributed by atoms with Crippen LogP contribution in [0, 0.1) is 0 Å². The minimum atomic E-state index is 0.0103. The highest BCUT2D eigenvalue weighted by molar-refractivity contribution is 6.30. The van der Waals surface area contributed by atoms with Crippen molar-refractivity contribution in [1.82, 2.24) is 5.32 Å². The number of halogens is 1. The van der Waals surface area contributed by atoms with E-state index in [9.17, 15) is 0 Å². The van der Waals surface area contributed by atoms with Gasteiger partial charge in [0.1, 0.15) is 11.5 Å². The van der Waals surface area contributed by atoms with Crippen LogP contribution in [-0.2, 0) is 4.74 Å². The fraction of sp³-hybridized carbons (Fsp3) is 0.467. The molecule has 0 spiro atoms. The van der Waals surface area contributed by atoms with Gasteiger partial charge in [-0.25, -0.2) is 0 Å². The Kier molecular flexibility index (Phi) is 5.11. The molecule has 0 radical (unpaired) electrons. The molecule has 4 heteroatoms. The highest BCUT2D eigenvalue weighted by Crippen LogP contribution is 2.34. The summed E-state index contributed by atoms with van der Waals surface area (Å²) < 4.78 is 11.1. The van der Waals surface area contributed by atoms with Crippen LogP contribution in [0.3, 0.4) is 0 Å². The molecule has 0 saturated carbocycles. The van der Waals surface area contributed by atoms with E-state index in [1.54, 1.807) is 7.11 Å². The van der Waals surface area contributed by atoms with Crippen LogP contribution < -0.4 is 10.1 Å². The lowest BCUT2D eigenvalue weighted by Crippen LogP contribution is -2.24. The standard InChI is InChI=1S/C15H20ClNO2/c1-3-8-17-15(14-5-4-9-19-14)12-10-11(16)6-7-13(12)18-2/h5-7,10,15,17H,3-4,8-9H2,1-2H3. The Bertz CT molecular complexity index is 459. The maximum atomic E-state index is 6.11. The third kappa shape index (κ3) is 3.43. The molecule has 0 aromatic heterocycles. The number of hydrogen-bond donors (Lipinski definition) is 1. The molecule has 1 aromatic carbocycles. The number of ether oxygens (including phenoxy) is 2. The monoisotopic (exact) mass is 281 g/mol. The largest absolute Gasteiger partial charge is 0.496 e. The van der Waals surface area contributed by atoms with Gasteiger partial charge in [0.05, 0.1) is 19.8 Å². The van der Waals surface area contributed by atoms with E-state index in [-0.39, 0.29) is 6.04 Å². The van der Waals surface area contributed by atoms with Crippen LogP contribution in [-0.4, -0.2) is 20.3 Å². The van der Waals surface area contributed by atoms with E-state index in [4.69, 9.17) is 21.1 Å². The molecule has 0 aliphatic carbocycles. The summed E-state index contributed by atoms with van der Waals surface area (Å²) in [6.45, 7) is 3.81. The van der Waals surface area contributed by atoms with Gasteiger partial charge in [-0.15, -0.1) is 0 Å². The van der Waals surface area contributed by atoms with E-state index in [0.717, 1.165) is 43.1 Å². The molecule has 3 nitrogen and oxygen atoms in total. The van der Waals surface area contributed by atoms with E-state index in [1.165, 1.54) is 0 Å². The molecule has 1 aromatic rings. The van der Waals surface area contributed by atoms with Crippen molar-refractivity contribution in [3.8, 4) is 5.75 Å². The Balaban J connectivity index is 2.33. The maximum absolute atomic E-state index is 6.11. The van der Waals surface area contributed by atoms with Crippen molar-refractivity contribution in [2.45, 2.75) is 25.8 Å². The Morgan fingerprint density at radius 2 is 2.32 bits per heavy atom. The van der Waals surface area contributed by atoms with Gasteiger partial charge in [-0.2, -0.15) is 0 Å². The summed E-state index contributed by atoms with van der Waals surface area (Å²) in [6, 6.07) is 5.69. The zero-order valence-electron chi connectivity index (χ0n) is 11.4. The highest BCUT2D eigenvalue weighted by atomic mass is 35.5. The van der Waals surface area contributed by atoms with E-state index in [2.05, 4.69) is 18.3 Å². The molecule has 1 unspecified atom stereocenters. The fourth-order valence-electron chi connectivity index (χ4n) is 2.22. The average molecular weight is 282 g/mol. The molecule has 104 valence electrons. The van der Waals surface area contributed by atoms with Gasteiger partial charge in [-0.3, -0.25) is 0 Å². The molecule has 1 aliphatic heterocycles. The first-order valence-corrected chi connectivity index (χ1v) is 7.03. The fourth-order valence-corrected chi connectivity index (χ4v) is 2.40. The van der Waals surface area contributed by atoms with Crippen molar-refractivity contribution in [2.24, 2.45) is 0 Å². The minimum Gasteiger partial charge on any atom is -0.496 e. The van der Waals surface area contributed by atoms with Crippen molar-refractivity contribution in [3.63, 3.8) is 0 Å². The molecular formula is C15H20ClNO2. The van der Waals surface area contributed by atoms with Gasteiger partial charge in [0.2, 0.25) is 0 Å². The molecule has 1 aliphatic rings. The third-order valence-corrected chi connectivity index (χ3v) is 3.35. The van der Waals surface area contributed by atoms with Crippen LogP contribution in [0.1, 0.15) is 31.4 Å². The smallest absolute Gasteiger partial charge is 0.124 e. The number of rotatable bonds is 6. The molecular weight excluding hydrogens is 262 g/mol. The molecule has 2 rings (SSSR count). The predicted molar refractivity (Wildman–Crippen MR) is 77.7 cm³/mol. The van der Waals surface area contributed by atoms with Crippen LogP contribution in [0.5, 0.6) is 5.75 Å². The molecule has 1 N–H and O–H groups in total. The summed E-state index contributed by atoms with van der Waals surface area (Å²) in [5.41, 5.74) is 1.02. The summed E-state index contributed by atoms with van der Waals surface area (Å²) in [6.07, 6.45) is 4.16. The van der Waals surface area contributed by atoms with Gasteiger partial charge in [0.25, 0.3) is 0 Å².